The predicted molar refractivity (Wildman–Crippen MR) is 59.6 cm³/mol. The number of hydrogen-bond acceptors (Lipinski definition) is 3. The summed E-state index contributed by atoms with van der Waals surface area (Å²) < 4.78 is 6.56. The third-order valence-electron chi connectivity index (χ3n) is 2.38. The maximum absolute atomic E-state index is 11.7. The smallest absolute Gasteiger partial charge is 0.355 e. The van der Waals surface area contributed by atoms with E-state index in [1.165, 1.54) is 10.8 Å². The number of fused-ring (bicyclic) bond motifs is 1. The molecule has 4 nitrogen and oxygen atoms in total. The van der Waals surface area contributed by atoms with E-state index in [2.05, 4.69) is 4.98 Å². The van der Waals surface area contributed by atoms with E-state index >= 15 is 0 Å². The van der Waals surface area contributed by atoms with Crippen molar-refractivity contribution in [2.45, 2.75) is 0 Å². The van der Waals surface area contributed by atoms with Crippen LogP contribution in [0.1, 0.15) is 0 Å². The fraction of sp³-hybridized carbons (Fsp3) is 0. The molecule has 78 valence electrons. The molecule has 3 aromatic rings. The molecule has 0 saturated carbocycles. The first-order chi connectivity index (χ1) is 7.84. The molecular weight excluding hydrogens is 204 g/mol. The van der Waals surface area contributed by atoms with Crippen LogP contribution in [-0.4, -0.2) is 9.55 Å². The van der Waals surface area contributed by atoms with E-state index in [1.807, 2.05) is 30.3 Å². The average molecular weight is 212 g/mol. The van der Waals surface area contributed by atoms with Crippen molar-refractivity contribution in [1.82, 2.24) is 9.55 Å². The zero-order chi connectivity index (χ0) is 11.0. The maximum Gasteiger partial charge on any atom is 0.355 e. The molecule has 1 aromatic carbocycles. The molecule has 4 heteroatoms. The van der Waals surface area contributed by atoms with E-state index in [4.69, 9.17) is 4.42 Å². The van der Waals surface area contributed by atoms with Gasteiger partial charge in [-0.3, -0.25) is 4.57 Å². The van der Waals surface area contributed by atoms with Crippen LogP contribution in [0.25, 0.3) is 16.8 Å². The molecule has 0 unspecified atom stereocenters. The molecule has 0 aliphatic heterocycles. The van der Waals surface area contributed by atoms with Crippen LogP contribution in [0.15, 0.2) is 58.1 Å². The molecule has 0 amide bonds. The van der Waals surface area contributed by atoms with Crippen molar-refractivity contribution < 1.29 is 4.42 Å². The molecule has 0 radical (unpaired) electrons. The number of para-hydroxylation sites is 1. The van der Waals surface area contributed by atoms with Gasteiger partial charge in [-0.25, -0.2) is 4.79 Å². The summed E-state index contributed by atoms with van der Waals surface area (Å²) in [7, 11) is 0. The highest BCUT2D eigenvalue weighted by molar-refractivity contribution is 5.71. The number of rotatable bonds is 1. The quantitative estimate of drug-likeness (QED) is 0.619. The molecule has 0 aliphatic rings. The molecule has 0 N–H and O–H groups in total. The van der Waals surface area contributed by atoms with E-state index in [0.29, 0.717) is 5.71 Å². The van der Waals surface area contributed by atoms with Crippen LogP contribution in [-0.2, 0) is 0 Å². The molecule has 0 fully saturated rings. The van der Waals surface area contributed by atoms with Crippen molar-refractivity contribution in [2.24, 2.45) is 0 Å². The van der Waals surface area contributed by atoms with E-state index in [0.717, 1.165) is 11.1 Å². The number of furan rings is 1. The lowest BCUT2D eigenvalue weighted by Crippen LogP contribution is -2.20. The highest BCUT2D eigenvalue weighted by Gasteiger charge is 2.04. The summed E-state index contributed by atoms with van der Waals surface area (Å²) in [6.45, 7) is 0. The normalized spacial score (nSPS) is 10.8. The van der Waals surface area contributed by atoms with Crippen molar-refractivity contribution in [3.05, 3.63) is 59.3 Å². The number of nitrogens with zero attached hydrogens (tertiary/aromatic N) is 2. The molecule has 0 atom stereocenters. The van der Waals surface area contributed by atoms with Crippen molar-refractivity contribution >= 4 is 11.1 Å². The first-order valence-electron chi connectivity index (χ1n) is 4.87. The third kappa shape index (κ3) is 1.32. The molecule has 3 rings (SSSR count). The van der Waals surface area contributed by atoms with Gasteiger partial charge in [0.25, 0.3) is 0 Å². The Balaban J connectivity index is 2.31. The van der Waals surface area contributed by atoms with Gasteiger partial charge in [-0.1, -0.05) is 18.2 Å². The van der Waals surface area contributed by atoms with Crippen molar-refractivity contribution in [3.63, 3.8) is 0 Å². The van der Waals surface area contributed by atoms with Crippen LogP contribution >= 0.6 is 0 Å². The Hall–Kier alpha value is -2.36. The van der Waals surface area contributed by atoms with Gasteiger partial charge in [0, 0.05) is 6.20 Å². The molecular formula is C12H8N2O2. The fourth-order valence-electron chi connectivity index (χ4n) is 1.61. The highest BCUT2D eigenvalue weighted by Crippen LogP contribution is 2.12. The minimum absolute atomic E-state index is 0.339. The van der Waals surface area contributed by atoms with Gasteiger partial charge in [-0.05, 0) is 18.2 Å². The second kappa shape index (κ2) is 3.34. The Kier molecular flexibility index (Phi) is 1.86. The van der Waals surface area contributed by atoms with Crippen LogP contribution in [0.4, 0.5) is 0 Å². The Morgan fingerprint density at radius 1 is 1.12 bits per heavy atom. The largest absolute Gasteiger partial charge is 0.446 e. The number of benzene rings is 1. The van der Waals surface area contributed by atoms with Crippen molar-refractivity contribution in [3.8, 4) is 5.69 Å². The summed E-state index contributed by atoms with van der Waals surface area (Å²) in [5.74, 6) is 0. The van der Waals surface area contributed by atoms with Crippen molar-refractivity contribution in [2.75, 3.05) is 0 Å². The van der Waals surface area contributed by atoms with Gasteiger partial charge < -0.3 is 4.42 Å². The van der Waals surface area contributed by atoms with E-state index in [-0.39, 0.29) is 5.69 Å². The van der Waals surface area contributed by atoms with Crippen LogP contribution in [0.5, 0.6) is 0 Å². The second-order valence-electron chi connectivity index (χ2n) is 3.41. The first-order valence-corrected chi connectivity index (χ1v) is 4.87. The van der Waals surface area contributed by atoms with Crippen molar-refractivity contribution in [1.29, 1.82) is 0 Å². The lowest BCUT2D eigenvalue weighted by molar-refractivity contribution is 0.599. The van der Waals surface area contributed by atoms with Gasteiger partial charge in [0.2, 0.25) is 5.71 Å². The van der Waals surface area contributed by atoms with Gasteiger partial charge >= 0.3 is 5.69 Å². The SMILES string of the molecule is O=c1nc2occc2cn1-c1ccccc1. The minimum atomic E-state index is -0.339. The van der Waals surface area contributed by atoms with E-state index in [1.54, 1.807) is 12.3 Å². The highest BCUT2D eigenvalue weighted by atomic mass is 16.3. The number of aromatic nitrogens is 2. The monoisotopic (exact) mass is 212 g/mol. The van der Waals surface area contributed by atoms with Gasteiger partial charge in [-0.2, -0.15) is 4.98 Å². The summed E-state index contributed by atoms with van der Waals surface area (Å²) in [5, 5.41) is 0.809. The predicted octanol–water partition coefficient (Wildman–Crippen LogP) is 1.98. The summed E-state index contributed by atoms with van der Waals surface area (Å²) in [4.78, 5) is 15.6. The summed E-state index contributed by atoms with van der Waals surface area (Å²) in [6, 6.07) is 11.1. The lowest BCUT2D eigenvalue weighted by atomic mass is 10.3. The molecule has 2 aromatic heterocycles. The van der Waals surface area contributed by atoms with Crippen LogP contribution in [0.3, 0.4) is 0 Å². The van der Waals surface area contributed by atoms with Crippen LogP contribution < -0.4 is 5.69 Å². The van der Waals surface area contributed by atoms with Crippen LogP contribution in [0.2, 0.25) is 0 Å². The molecule has 16 heavy (non-hydrogen) atoms. The molecule has 0 spiro atoms. The summed E-state index contributed by atoms with van der Waals surface area (Å²) in [6.07, 6.45) is 3.25. The first kappa shape index (κ1) is 8.91. The van der Waals surface area contributed by atoms with Gasteiger partial charge in [0.15, 0.2) is 0 Å². The fourth-order valence-corrected chi connectivity index (χ4v) is 1.61. The third-order valence-corrected chi connectivity index (χ3v) is 2.38. The zero-order valence-corrected chi connectivity index (χ0v) is 8.33. The summed E-state index contributed by atoms with van der Waals surface area (Å²) in [5.41, 5.74) is 0.828. The maximum atomic E-state index is 11.7. The Bertz CT molecular complexity index is 683. The molecule has 0 aliphatic carbocycles. The van der Waals surface area contributed by atoms with E-state index in [9.17, 15) is 4.79 Å². The molecule has 0 bridgehead atoms. The van der Waals surface area contributed by atoms with E-state index < -0.39 is 0 Å². The topological polar surface area (TPSA) is 48.0 Å². The van der Waals surface area contributed by atoms with Gasteiger partial charge in [0.1, 0.15) is 0 Å². The standard InChI is InChI=1S/C12H8N2O2/c15-12-13-11-9(6-7-16-11)8-14(12)10-4-2-1-3-5-10/h1-8H. The van der Waals surface area contributed by atoms with Gasteiger partial charge in [-0.15, -0.1) is 0 Å². The Morgan fingerprint density at radius 3 is 2.75 bits per heavy atom. The van der Waals surface area contributed by atoms with Gasteiger partial charge in [0.05, 0.1) is 17.3 Å². The minimum Gasteiger partial charge on any atom is -0.446 e. The number of hydrogen-bond donors (Lipinski definition) is 0. The summed E-state index contributed by atoms with van der Waals surface area (Å²) >= 11 is 0. The Morgan fingerprint density at radius 2 is 1.94 bits per heavy atom. The average Bonchev–Trinajstić information content (AvgIpc) is 2.76. The Labute approximate surface area is 90.8 Å². The zero-order valence-electron chi connectivity index (χ0n) is 8.33. The lowest BCUT2D eigenvalue weighted by Gasteiger charge is -2.03. The second-order valence-corrected chi connectivity index (χ2v) is 3.41. The molecule has 0 saturated heterocycles. The molecule has 2 heterocycles. The van der Waals surface area contributed by atoms with Crippen LogP contribution in [0, 0.1) is 0 Å².